The molecule has 2 aromatic carbocycles. The van der Waals surface area contributed by atoms with E-state index in [9.17, 15) is 4.79 Å². The Bertz CT molecular complexity index is 968. The highest BCUT2D eigenvalue weighted by molar-refractivity contribution is 6.30. The van der Waals surface area contributed by atoms with Crippen LogP contribution < -0.4 is 4.74 Å². The van der Waals surface area contributed by atoms with Gasteiger partial charge in [-0.25, -0.2) is 4.68 Å². The molecule has 6 heteroatoms. The Kier molecular flexibility index (Phi) is 5.47. The van der Waals surface area contributed by atoms with Gasteiger partial charge in [-0.15, -0.1) is 0 Å². The third-order valence-corrected chi connectivity index (χ3v) is 3.82. The second-order valence-electron chi connectivity index (χ2n) is 5.36. The summed E-state index contributed by atoms with van der Waals surface area (Å²) < 4.78 is 6.87. The van der Waals surface area contributed by atoms with Crippen LogP contribution in [0.4, 0.5) is 0 Å². The van der Waals surface area contributed by atoms with Crippen LogP contribution in [0.3, 0.4) is 0 Å². The molecule has 0 fully saturated rings. The summed E-state index contributed by atoms with van der Waals surface area (Å²) in [7, 11) is 0. The quantitative estimate of drug-likeness (QED) is 0.483. The number of benzene rings is 2. The minimum atomic E-state index is -0.129. The Morgan fingerprint density at radius 3 is 2.62 bits per heavy atom. The fourth-order valence-corrected chi connectivity index (χ4v) is 2.38. The average Bonchev–Trinajstić information content (AvgIpc) is 3.14. The number of carbonyl (C=O) groups excluding carboxylic acids is 1. The van der Waals surface area contributed by atoms with Gasteiger partial charge in [0.2, 0.25) is 0 Å². The van der Waals surface area contributed by atoms with E-state index < -0.39 is 0 Å². The number of aromatic nitrogens is 2. The van der Waals surface area contributed by atoms with Crippen molar-refractivity contribution in [2.75, 3.05) is 6.61 Å². The summed E-state index contributed by atoms with van der Waals surface area (Å²) in [5, 5.41) is 13.4. The Balaban J connectivity index is 1.67. The summed E-state index contributed by atoms with van der Waals surface area (Å²) in [5.74, 6) is 0.424. The number of ether oxygens (including phenoxy) is 1. The van der Waals surface area contributed by atoms with Gasteiger partial charge in [-0.3, -0.25) is 4.79 Å². The summed E-state index contributed by atoms with van der Waals surface area (Å²) in [6.07, 6.45) is 6.71. The highest BCUT2D eigenvalue weighted by Crippen LogP contribution is 2.15. The number of nitriles is 1. The largest absolute Gasteiger partial charge is 0.479 e. The first-order valence-electron chi connectivity index (χ1n) is 7.78. The third kappa shape index (κ3) is 4.38. The first-order valence-corrected chi connectivity index (χ1v) is 8.16. The number of halogens is 1. The van der Waals surface area contributed by atoms with Crippen LogP contribution in [0.15, 0.2) is 67.0 Å². The molecule has 0 spiro atoms. The zero-order chi connectivity index (χ0) is 18.4. The van der Waals surface area contributed by atoms with Crippen LogP contribution in [0.25, 0.3) is 11.8 Å². The molecular weight excluding hydrogens is 350 g/mol. The van der Waals surface area contributed by atoms with Gasteiger partial charge in [-0.1, -0.05) is 11.6 Å². The second kappa shape index (κ2) is 8.15. The van der Waals surface area contributed by atoms with Gasteiger partial charge in [-0.2, -0.15) is 10.4 Å². The van der Waals surface area contributed by atoms with Gasteiger partial charge in [0.15, 0.2) is 12.4 Å². The molecule has 0 saturated carbocycles. The number of carbonyl (C=O) groups is 1. The molecule has 3 rings (SSSR count). The van der Waals surface area contributed by atoms with Crippen molar-refractivity contribution in [3.63, 3.8) is 0 Å². The maximum atomic E-state index is 12.2. The summed E-state index contributed by atoms with van der Waals surface area (Å²) in [4.78, 5) is 12.2. The molecule has 5 nitrogen and oxygen atoms in total. The number of ketones is 1. The van der Waals surface area contributed by atoms with E-state index in [-0.39, 0.29) is 12.4 Å². The SMILES string of the molecule is N#CCOc1ccc(C(=O)C=Cc2cnn(-c3ccc(Cl)cc3)c2)cc1. The topological polar surface area (TPSA) is 67.9 Å². The number of hydrogen-bond donors (Lipinski definition) is 0. The van der Waals surface area contributed by atoms with Crippen molar-refractivity contribution < 1.29 is 9.53 Å². The molecule has 0 aliphatic carbocycles. The lowest BCUT2D eigenvalue weighted by Gasteiger charge is -2.01. The van der Waals surface area contributed by atoms with Gasteiger partial charge in [0.05, 0.1) is 11.9 Å². The van der Waals surface area contributed by atoms with E-state index in [0.717, 1.165) is 11.3 Å². The molecule has 3 aromatic rings. The van der Waals surface area contributed by atoms with Crippen LogP contribution in [0, 0.1) is 11.3 Å². The lowest BCUT2D eigenvalue weighted by atomic mass is 10.1. The molecule has 1 aromatic heterocycles. The van der Waals surface area contributed by atoms with Gasteiger partial charge in [-0.05, 0) is 60.7 Å². The fourth-order valence-electron chi connectivity index (χ4n) is 2.26. The molecule has 0 radical (unpaired) electrons. The van der Waals surface area contributed by atoms with E-state index in [4.69, 9.17) is 21.6 Å². The van der Waals surface area contributed by atoms with Crippen molar-refractivity contribution in [3.8, 4) is 17.5 Å². The smallest absolute Gasteiger partial charge is 0.185 e. The highest BCUT2D eigenvalue weighted by Gasteiger charge is 2.04. The van der Waals surface area contributed by atoms with E-state index in [0.29, 0.717) is 16.3 Å². The van der Waals surface area contributed by atoms with E-state index >= 15 is 0 Å². The molecule has 0 saturated heterocycles. The molecule has 0 atom stereocenters. The lowest BCUT2D eigenvalue weighted by Crippen LogP contribution is -1.96. The number of rotatable bonds is 6. The van der Waals surface area contributed by atoms with Crippen molar-refractivity contribution in [2.45, 2.75) is 0 Å². The van der Waals surface area contributed by atoms with Crippen molar-refractivity contribution >= 4 is 23.5 Å². The van der Waals surface area contributed by atoms with E-state index in [1.54, 1.807) is 53.4 Å². The Labute approximate surface area is 155 Å². The molecule has 0 N–H and O–H groups in total. The number of nitrogens with zero attached hydrogens (tertiary/aromatic N) is 3. The van der Waals surface area contributed by atoms with Crippen molar-refractivity contribution in [3.05, 3.63) is 83.2 Å². The number of allylic oxidation sites excluding steroid dienone is 1. The zero-order valence-corrected chi connectivity index (χ0v) is 14.4. The molecule has 0 amide bonds. The predicted octanol–water partition coefficient (Wildman–Crippen LogP) is 4.32. The Hall–Kier alpha value is -3.36. The standard InChI is InChI=1S/C20H14ClN3O2/c21-17-4-6-18(7-5-17)24-14-15(13-23-24)1-10-20(25)16-2-8-19(9-3-16)26-12-11-22/h1-10,13-14H,12H2. The molecule has 0 bridgehead atoms. The van der Waals surface area contributed by atoms with Gasteiger partial charge in [0.25, 0.3) is 0 Å². The Morgan fingerprint density at radius 2 is 1.92 bits per heavy atom. The highest BCUT2D eigenvalue weighted by atomic mass is 35.5. The first-order chi connectivity index (χ1) is 12.7. The Morgan fingerprint density at radius 1 is 1.19 bits per heavy atom. The molecule has 26 heavy (non-hydrogen) atoms. The van der Waals surface area contributed by atoms with Crippen molar-refractivity contribution in [2.24, 2.45) is 0 Å². The number of hydrogen-bond acceptors (Lipinski definition) is 4. The second-order valence-corrected chi connectivity index (χ2v) is 5.80. The minimum Gasteiger partial charge on any atom is -0.479 e. The predicted molar refractivity (Wildman–Crippen MR) is 99.5 cm³/mol. The summed E-state index contributed by atoms with van der Waals surface area (Å²) >= 11 is 5.88. The maximum absolute atomic E-state index is 12.2. The zero-order valence-electron chi connectivity index (χ0n) is 13.7. The monoisotopic (exact) mass is 363 g/mol. The third-order valence-electron chi connectivity index (χ3n) is 3.56. The van der Waals surface area contributed by atoms with Crippen LogP contribution in [0.5, 0.6) is 5.75 Å². The summed E-state index contributed by atoms with van der Waals surface area (Å²) in [6, 6.07) is 15.9. The first kappa shape index (κ1) is 17.5. The molecule has 0 unspecified atom stereocenters. The van der Waals surface area contributed by atoms with Crippen LogP contribution in [0.1, 0.15) is 15.9 Å². The van der Waals surface area contributed by atoms with Gasteiger partial charge in [0, 0.05) is 22.3 Å². The van der Waals surface area contributed by atoms with Gasteiger partial charge in [0.1, 0.15) is 11.8 Å². The summed E-state index contributed by atoms with van der Waals surface area (Å²) in [5.41, 5.74) is 2.23. The maximum Gasteiger partial charge on any atom is 0.185 e. The van der Waals surface area contributed by atoms with Crippen molar-refractivity contribution in [1.82, 2.24) is 9.78 Å². The van der Waals surface area contributed by atoms with Gasteiger partial charge >= 0.3 is 0 Å². The normalized spacial score (nSPS) is 10.6. The minimum absolute atomic E-state index is 0.0230. The van der Waals surface area contributed by atoms with E-state index in [1.165, 1.54) is 6.08 Å². The molecule has 1 heterocycles. The van der Waals surface area contributed by atoms with Gasteiger partial charge < -0.3 is 4.74 Å². The van der Waals surface area contributed by atoms with Crippen LogP contribution >= 0.6 is 11.6 Å². The molecular formula is C20H14ClN3O2. The molecule has 128 valence electrons. The fraction of sp³-hybridized carbons (Fsp3) is 0.0500. The van der Waals surface area contributed by atoms with Crippen LogP contribution in [0.2, 0.25) is 5.02 Å². The summed E-state index contributed by atoms with van der Waals surface area (Å²) in [6.45, 7) is -0.0230. The van der Waals surface area contributed by atoms with E-state index in [1.807, 2.05) is 24.4 Å². The van der Waals surface area contributed by atoms with E-state index in [2.05, 4.69) is 5.10 Å². The average molecular weight is 364 g/mol. The molecule has 0 aliphatic rings. The van der Waals surface area contributed by atoms with Crippen molar-refractivity contribution in [1.29, 1.82) is 5.26 Å². The lowest BCUT2D eigenvalue weighted by molar-refractivity contribution is 0.104. The van der Waals surface area contributed by atoms with Crippen LogP contribution in [-0.4, -0.2) is 22.2 Å². The van der Waals surface area contributed by atoms with Crippen LogP contribution in [-0.2, 0) is 0 Å². The molecule has 0 aliphatic heterocycles.